The molecule has 6 heteroatoms. The summed E-state index contributed by atoms with van der Waals surface area (Å²) in [5.41, 5.74) is 4.66. The van der Waals surface area contributed by atoms with Crippen LogP contribution in [0.4, 0.5) is 10.1 Å². The van der Waals surface area contributed by atoms with E-state index in [1.165, 1.54) is 12.1 Å². The van der Waals surface area contributed by atoms with E-state index < -0.39 is 5.82 Å². The van der Waals surface area contributed by atoms with Crippen LogP contribution < -0.4 is 10.6 Å². The van der Waals surface area contributed by atoms with Gasteiger partial charge in [0.1, 0.15) is 11.9 Å². The Morgan fingerprint density at radius 1 is 1.04 bits per heavy atom. The molecule has 140 valence electrons. The van der Waals surface area contributed by atoms with E-state index >= 15 is 0 Å². The average molecular weight is 398 g/mol. The van der Waals surface area contributed by atoms with Crippen LogP contribution in [-0.2, 0) is 4.79 Å². The molecule has 0 unspecified atom stereocenters. The standard InChI is InChI=1S/C20H23Cl2FN2O/c1-10-6-11(2)19(12(3)7-10)25-20(26)14(5)24-13(4)15-8-18(23)17(22)9-16(15)21/h6-9,13-14,24H,1-5H3,(H,25,26)/p+1/t13-,14+/m1/s1. The number of hydrogen-bond acceptors (Lipinski definition) is 1. The molecular formula is C20H24Cl2FN2O+. The quantitative estimate of drug-likeness (QED) is 0.704. The summed E-state index contributed by atoms with van der Waals surface area (Å²) in [6.07, 6.45) is 0. The number of quaternary nitrogens is 1. The van der Waals surface area contributed by atoms with Crippen molar-refractivity contribution in [1.29, 1.82) is 0 Å². The number of nitrogens with one attached hydrogen (secondary N) is 1. The van der Waals surface area contributed by atoms with Gasteiger partial charge in [-0.1, -0.05) is 40.9 Å². The van der Waals surface area contributed by atoms with Crippen LogP contribution in [-0.4, -0.2) is 11.9 Å². The van der Waals surface area contributed by atoms with Crippen LogP contribution >= 0.6 is 23.2 Å². The van der Waals surface area contributed by atoms with Crippen molar-refractivity contribution in [2.75, 3.05) is 5.32 Å². The molecule has 3 nitrogen and oxygen atoms in total. The van der Waals surface area contributed by atoms with Crippen LogP contribution in [0.5, 0.6) is 0 Å². The predicted octanol–water partition coefficient (Wildman–Crippen LogP) is 4.71. The molecule has 0 radical (unpaired) electrons. The molecule has 1 amide bonds. The summed E-state index contributed by atoms with van der Waals surface area (Å²) >= 11 is 11.9. The Bertz CT molecular complexity index is 816. The Labute approximate surface area is 163 Å². The molecule has 2 atom stereocenters. The summed E-state index contributed by atoms with van der Waals surface area (Å²) in [5, 5.41) is 5.22. The fraction of sp³-hybridized carbons (Fsp3) is 0.350. The molecule has 0 aliphatic rings. The highest BCUT2D eigenvalue weighted by molar-refractivity contribution is 6.35. The number of carbonyl (C=O) groups excluding carboxylic acids is 1. The third-order valence-corrected chi connectivity index (χ3v) is 5.06. The first-order chi connectivity index (χ1) is 12.1. The van der Waals surface area contributed by atoms with E-state index in [9.17, 15) is 9.18 Å². The van der Waals surface area contributed by atoms with Crippen LogP contribution in [0.25, 0.3) is 0 Å². The lowest BCUT2D eigenvalue weighted by Gasteiger charge is -2.19. The lowest BCUT2D eigenvalue weighted by Crippen LogP contribution is -2.91. The van der Waals surface area contributed by atoms with E-state index in [4.69, 9.17) is 23.2 Å². The van der Waals surface area contributed by atoms with E-state index in [2.05, 4.69) is 5.32 Å². The van der Waals surface area contributed by atoms with Crippen LogP contribution in [0.1, 0.15) is 42.1 Å². The van der Waals surface area contributed by atoms with Gasteiger partial charge in [-0.15, -0.1) is 0 Å². The second kappa shape index (κ2) is 8.38. The van der Waals surface area contributed by atoms with Crippen molar-refractivity contribution in [3.8, 4) is 0 Å². The third kappa shape index (κ3) is 4.76. The number of halogens is 3. The first-order valence-electron chi connectivity index (χ1n) is 8.48. The lowest BCUT2D eigenvalue weighted by atomic mass is 10.0. The van der Waals surface area contributed by atoms with Crippen molar-refractivity contribution in [2.45, 2.75) is 46.7 Å². The number of anilines is 1. The van der Waals surface area contributed by atoms with E-state index in [-0.39, 0.29) is 23.0 Å². The Balaban J connectivity index is 2.11. The molecule has 0 saturated carbocycles. The molecule has 0 fully saturated rings. The number of carbonyl (C=O) groups is 1. The van der Waals surface area contributed by atoms with Crippen LogP contribution in [0.2, 0.25) is 10.0 Å². The largest absolute Gasteiger partial charge is 0.330 e. The van der Waals surface area contributed by atoms with Gasteiger partial charge in [0, 0.05) is 11.3 Å². The zero-order chi connectivity index (χ0) is 19.6. The van der Waals surface area contributed by atoms with Gasteiger partial charge in [-0.3, -0.25) is 4.79 Å². The van der Waals surface area contributed by atoms with Gasteiger partial charge in [0.2, 0.25) is 0 Å². The second-order valence-electron chi connectivity index (χ2n) is 6.82. The maximum absolute atomic E-state index is 13.7. The topological polar surface area (TPSA) is 45.7 Å². The number of amides is 1. The van der Waals surface area contributed by atoms with Crippen molar-refractivity contribution in [1.82, 2.24) is 0 Å². The highest BCUT2D eigenvalue weighted by Crippen LogP contribution is 2.27. The highest BCUT2D eigenvalue weighted by Gasteiger charge is 2.23. The number of hydrogen-bond donors (Lipinski definition) is 2. The monoisotopic (exact) mass is 397 g/mol. The Hall–Kier alpha value is -1.62. The van der Waals surface area contributed by atoms with Gasteiger partial charge < -0.3 is 10.6 Å². The Morgan fingerprint density at radius 3 is 2.19 bits per heavy atom. The lowest BCUT2D eigenvalue weighted by molar-refractivity contribution is -0.709. The van der Waals surface area contributed by atoms with E-state index in [1.807, 2.05) is 52.1 Å². The van der Waals surface area contributed by atoms with Crippen molar-refractivity contribution >= 4 is 34.8 Å². The fourth-order valence-corrected chi connectivity index (χ4v) is 3.68. The molecule has 0 aliphatic heterocycles. The normalized spacial score (nSPS) is 13.4. The Morgan fingerprint density at radius 2 is 1.62 bits per heavy atom. The van der Waals surface area contributed by atoms with Gasteiger partial charge in [-0.2, -0.15) is 0 Å². The van der Waals surface area contributed by atoms with Gasteiger partial charge in [0.25, 0.3) is 5.91 Å². The molecule has 3 N–H and O–H groups in total. The first-order valence-corrected chi connectivity index (χ1v) is 9.24. The summed E-state index contributed by atoms with van der Waals surface area (Å²) in [5.74, 6) is -0.633. The highest BCUT2D eigenvalue weighted by atomic mass is 35.5. The number of benzene rings is 2. The minimum Gasteiger partial charge on any atom is -0.330 e. The van der Waals surface area contributed by atoms with Crippen LogP contribution in [0.3, 0.4) is 0 Å². The van der Waals surface area contributed by atoms with E-state index in [1.54, 1.807) is 0 Å². The van der Waals surface area contributed by atoms with E-state index in [0.29, 0.717) is 10.6 Å². The average Bonchev–Trinajstić information content (AvgIpc) is 2.53. The van der Waals surface area contributed by atoms with Gasteiger partial charge in [-0.05, 0) is 57.9 Å². The molecule has 0 saturated heterocycles. The molecule has 0 aromatic heterocycles. The molecule has 0 spiro atoms. The van der Waals surface area contributed by atoms with Crippen molar-refractivity contribution in [3.63, 3.8) is 0 Å². The summed E-state index contributed by atoms with van der Waals surface area (Å²) in [4.78, 5) is 12.6. The summed E-state index contributed by atoms with van der Waals surface area (Å²) in [6.45, 7) is 9.66. The zero-order valence-electron chi connectivity index (χ0n) is 15.6. The maximum atomic E-state index is 13.7. The molecule has 0 aliphatic carbocycles. The van der Waals surface area contributed by atoms with Crippen LogP contribution in [0.15, 0.2) is 24.3 Å². The smallest absolute Gasteiger partial charge is 0.282 e. The molecule has 0 heterocycles. The van der Waals surface area contributed by atoms with Crippen molar-refractivity contribution < 1.29 is 14.5 Å². The van der Waals surface area contributed by atoms with Gasteiger partial charge >= 0.3 is 0 Å². The SMILES string of the molecule is Cc1cc(C)c(NC(=O)[C@H](C)[NH2+][C@H](C)c2cc(F)c(Cl)cc2Cl)c(C)c1. The number of aryl methyl sites for hydroxylation is 3. The van der Waals surface area contributed by atoms with Crippen molar-refractivity contribution in [3.05, 3.63) is 62.4 Å². The minimum absolute atomic E-state index is 0.0120. The number of nitrogens with two attached hydrogens (primary N) is 1. The third-order valence-electron chi connectivity index (χ3n) is 4.45. The predicted molar refractivity (Wildman–Crippen MR) is 106 cm³/mol. The van der Waals surface area contributed by atoms with E-state index in [0.717, 1.165) is 22.4 Å². The molecular weight excluding hydrogens is 374 g/mol. The molecule has 2 aromatic carbocycles. The molecule has 2 rings (SSSR count). The van der Waals surface area contributed by atoms with Crippen LogP contribution in [0, 0.1) is 26.6 Å². The molecule has 2 aromatic rings. The zero-order valence-corrected chi connectivity index (χ0v) is 17.1. The Kier molecular flexibility index (Phi) is 6.67. The van der Waals surface area contributed by atoms with Gasteiger partial charge in [0.05, 0.1) is 10.0 Å². The van der Waals surface area contributed by atoms with Gasteiger partial charge in [-0.25, -0.2) is 4.39 Å². The number of rotatable bonds is 5. The summed E-state index contributed by atoms with van der Waals surface area (Å²) < 4.78 is 13.7. The maximum Gasteiger partial charge on any atom is 0.282 e. The molecule has 26 heavy (non-hydrogen) atoms. The first kappa shape index (κ1) is 20.7. The molecule has 0 bridgehead atoms. The summed E-state index contributed by atoms with van der Waals surface area (Å²) in [7, 11) is 0. The minimum atomic E-state index is -0.519. The fourth-order valence-electron chi connectivity index (χ4n) is 3.13. The second-order valence-corrected chi connectivity index (χ2v) is 7.63. The van der Waals surface area contributed by atoms with Crippen molar-refractivity contribution in [2.24, 2.45) is 0 Å². The summed E-state index contributed by atoms with van der Waals surface area (Å²) in [6, 6.07) is 6.22. The van der Waals surface area contributed by atoms with Gasteiger partial charge in [0.15, 0.2) is 6.04 Å².